The van der Waals surface area contributed by atoms with E-state index in [1.54, 1.807) is 6.20 Å². The van der Waals surface area contributed by atoms with Gasteiger partial charge in [0.2, 0.25) is 0 Å². The number of nitrogens with one attached hydrogen (secondary N) is 1. The molecule has 112 valence electrons. The number of aliphatic hydroxyl groups is 1. The molecule has 0 fully saturated rings. The Labute approximate surface area is 131 Å². The van der Waals surface area contributed by atoms with Crippen LogP contribution in [0.25, 0.3) is 0 Å². The van der Waals surface area contributed by atoms with Crippen LogP contribution in [0.1, 0.15) is 18.1 Å². The standard InChI is InChI=1S/C15H18BrN3O2/c1-2-11-5-3-4-6-12(11)9-17-13-10-18-19(7-8-20)15(21)14(13)16/h3-6,10,17,20H,2,7-9H2,1H3. The van der Waals surface area contributed by atoms with Gasteiger partial charge in [0.05, 0.1) is 25.0 Å². The van der Waals surface area contributed by atoms with Crippen LogP contribution in [0, 0.1) is 0 Å². The van der Waals surface area contributed by atoms with Gasteiger partial charge in [0.1, 0.15) is 4.47 Å². The third-order valence-corrected chi connectivity index (χ3v) is 4.03. The summed E-state index contributed by atoms with van der Waals surface area (Å²) in [5.74, 6) is 0. The Morgan fingerprint density at radius 1 is 1.33 bits per heavy atom. The number of hydrogen-bond acceptors (Lipinski definition) is 4. The van der Waals surface area contributed by atoms with Gasteiger partial charge in [-0.3, -0.25) is 4.79 Å². The molecule has 1 heterocycles. The summed E-state index contributed by atoms with van der Waals surface area (Å²) in [6.07, 6.45) is 2.56. The predicted molar refractivity (Wildman–Crippen MR) is 86.4 cm³/mol. The smallest absolute Gasteiger partial charge is 0.283 e. The van der Waals surface area contributed by atoms with Crippen molar-refractivity contribution in [1.29, 1.82) is 0 Å². The highest BCUT2D eigenvalue weighted by molar-refractivity contribution is 9.10. The van der Waals surface area contributed by atoms with Crippen molar-refractivity contribution in [2.45, 2.75) is 26.4 Å². The molecule has 1 aromatic carbocycles. The van der Waals surface area contributed by atoms with Crippen LogP contribution < -0.4 is 10.9 Å². The first-order valence-corrected chi connectivity index (χ1v) is 7.63. The molecule has 0 bridgehead atoms. The topological polar surface area (TPSA) is 67.2 Å². The Morgan fingerprint density at radius 2 is 2.05 bits per heavy atom. The number of aliphatic hydroxyl groups excluding tert-OH is 1. The Bertz CT molecular complexity index is 670. The lowest BCUT2D eigenvalue weighted by Gasteiger charge is -2.12. The van der Waals surface area contributed by atoms with Crippen LogP contribution in [0.2, 0.25) is 0 Å². The molecule has 0 atom stereocenters. The lowest BCUT2D eigenvalue weighted by atomic mass is 10.1. The summed E-state index contributed by atoms with van der Waals surface area (Å²) in [7, 11) is 0. The first kappa shape index (κ1) is 15.7. The summed E-state index contributed by atoms with van der Waals surface area (Å²) < 4.78 is 1.66. The molecule has 0 amide bonds. The number of aromatic nitrogens is 2. The van der Waals surface area contributed by atoms with Crippen LogP contribution in [0.5, 0.6) is 0 Å². The van der Waals surface area contributed by atoms with Crippen molar-refractivity contribution in [2.24, 2.45) is 0 Å². The van der Waals surface area contributed by atoms with Crippen LogP contribution in [0.4, 0.5) is 5.69 Å². The second kappa shape index (κ2) is 7.38. The average Bonchev–Trinajstić information content (AvgIpc) is 2.51. The van der Waals surface area contributed by atoms with Gasteiger partial charge in [-0.25, -0.2) is 4.68 Å². The van der Waals surface area contributed by atoms with Gasteiger partial charge in [-0.2, -0.15) is 5.10 Å². The normalized spacial score (nSPS) is 10.6. The highest BCUT2D eigenvalue weighted by Gasteiger charge is 2.09. The number of rotatable bonds is 6. The number of benzene rings is 1. The lowest BCUT2D eigenvalue weighted by molar-refractivity contribution is 0.266. The Morgan fingerprint density at radius 3 is 2.71 bits per heavy atom. The van der Waals surface area contributed by atoms with Gasteiger partial charge < -0.3 is 10.4 Å². The van der Waals surface area contributed by atoms with Crippen molar-refractivity contribution in [3.8, 4) is 0 Å². The lowest BCUT2D eigenvalue weighted by Crippen LogP contribution is -2.25. The van der Waals surface area contributed by atoms with Gasteiger partial charge in [0.15, 0.2) is 0 Å². The van der Waals surface area contributed by atoms with Crippen molar-refractivity contribution in [3.05, 3.63) is 56.4 Å². The summed E-state index contributed by atoms with van der Waals surface area (Å²) in [5, 5.41) is 16.1. The van der Waals surface area contributed by atoms with E-state index in [1.165, 1.54) is 15.8 Å². The van der Waals surface area contributed by atoms with E-state index in [-0.39, 0.29) is 18.7 Å². The highest BCUT2D eigenvalue weighted by Crippen LogP contribution is 2.18. The van der Waals surface area contributed by atoms with E-state index in [1.807, 2.05) is 12.1 Å². The van der Waals surface area contributed by atoms with E-state index >= 15 is 0 Å². The van der Waals surface area contributed by atoms with Gasteiger partial charge in [-0.1, -0.05) is 31.2 Å². The van der Waals surface area contributed by atoms with Crippen LogP contribution in [-0.4, -0.2) is 21.5 Å². The van der Waals surface area contributed by atoms with E-state index in [0.717, 1.165) is 6.42 Å². The van der Waals surface area contributed by atoms with E-state index in [2.05, 4.69) is 45.4 Å². The number of hydrogen-bond donors (Lipinski definition) is 2. The zero-order valence-corrected chi connectivity index (χ0v) is 13.4. The zero-order valence-electron chi connectivity index (χ0n) is 11.8. The molecule has 0 aliphatic heterocycles. The number of nitrogens with zero attached hydrogens (tertiary/aromatic N) is 2. The average molecular weight is 352 g/mol. The molecule has 0 unspecified atom stereocenters. The van der Waals surface area contributed by atoms with Gasteiger partial charge >= 0.3 is 0 Å². The monoisotopic (exact) mass is 351 g/mol. The summed E-state index contributed by atoms with van der Waals surface area (Å²) in [6, 6.07) is 8.20. The van der Waals surface area contributed by atoms with E-state index in [9.17, 15) is 4.79 Å². The summed E-state index contributed by atoms with van der Waals surface area (Å²) in [6.45, 7) is 2.83. The minimum atomic E-state index is -0.252. The summed E-state index contributed by atoms with van der Waals surface area (Å²) in [5.41, 5.74) is 2.88. The van der Waals surface area contributed by atoms with Crippen molar-refractivity contribution >= 4 is 21.6 Å². The highest BCUT2D eigenvalue weighted by atomic mass is 79.9. The molecule has 0 aliphatic rings. The van der Waals surface area contributed by atoms with Crippen molar-refractivity contribution in [2.75, 3.05) is 11.9 Å². The predicted octanol–water partition coefficient (Wildman–Crippen LogP) is 2.17. The summed E-state index contributed by atoms with van der Waals surface area (Å²) >= 11 is 3.29. The quantitative estimate of drug-likeness (QED) is 0.836. The molecule has 0 saturated carbocycles. The van der Waals surface area contributed by atoms with E-state index < -0.39 is 0 Å². The molecule has 0 radical (unpaired) electrons. The second-order valence-electron chi connectivity index (χ2n) is 4.60. The fourth-order valence-electron chi connectivity index (χ4n) is 2.11. The first-order chi connectivity index (χ1) is 10.2. The maximum Gasteiger partial charge on any atom is 0.283 e. The Kier molecular flexibility index (Phi) is 5.52. The van der Waals surface area contributed by atoms with Crippen molar-refractivity contribution in [1.82, 2.24) is 9.78 Å². The van der Waals surface area contributed by atoms with Crippen LogP contribution in [0.3, 0.4) is 0 Å². The number of aryl methyl sites for hydroxylation is 1. The zero-order chi connectivity index (χ0) is 15.2. The van der Waals surface area contributed by atoms with Gasteiger partial charge in [-0.05, 0) is 33.5 Å². The second-order valence-corrected chi connectivity index (χ2v) is 5.39. The fraction of sp³-hybridized carbons (Fsp3) is 0.333. The maximum absolute atomic E-state index is 12.0. The molecule has 6 heteroatoms. The molecule has 5 nitrogen and oxygen atoms in total. The SMILES string of the molecule is CCc1ccccc1CNc1cnn(CCO)c(=O)c1Br. The maximum atomic E-state index is 12.0. The molecule has 0 spiro atoms. The summed E-state index contributed by atoms with van der Waals surface area (Å²) in [4.78, 5) is 12.0. The minimum Gasteiger partial charge on any atom is -0.394 e. The van der Waals surface area contributed by atoms with E-state index in [4.69, 9.17) is 5.11 Å². The molecule has 1 aromatic heterocycles. The first-order valence-electron chi connectivity index (χ1n) is 6.84. The van der Waals surface area contributed by atoms with Crippen LogP contribution in [0.15, 0.2) is 39.7 Å². The number of halogens is 1. The third-order valence-electron chi connectivity index (χ3n) is 3.27. The molecule has 21 heavy (non-hydrogen) atoms. The van der Waals surface area contributed by atoms with Gasteiger partial charge in [0, 0.05) is 6.54 Å². The number of anilines is 1. The molecular formula is C15H18BrN3O2. The molecule has 0 aliphatic carbocycles. The van der Waals surface area contributed by atoms with E-state index in [0.29, 0.717) is 16.7 Å². The molecule has 2 rings (SSSR count). The van der Waals surface area contributed by atoms with Crippen LogP contribution >= 0.6 is 15.9 Å². The van der Waals surface area contributed by atoms with Crippen molar-refractivity contribution in [3.63, 3.8) is 0 Å². The molecule has 0 saturated heterocycles. The van der Waals surface area contributed by atoms with Gasteiger partial charge in [-0.15, -0.1) is 0 Å². The van der Waals surface area contributed by atoms with Crippen LogP contribution in [-0.2, 0) is 19.5 Å². The Balaban J connectivity index is 2.17. The molecular weight excluding hydrogens is 334 g/mol. The fourth-order valence-corrected chi connectivity index (χ4v) is 2.55. The third kappa shape index (κ3) is 3.71. The molecule has 2 aromatic rings. The Hall–Kier alpha value is -1.66. The van der Waals surface area contributed by atoms with Crippen molar-refractivity contribution < 1.29 is 5.11 Å². The largest absolute Gasteiger partial charge is 0.394 e. The van der Waals surface area contributed by atoms with Gasteiger partial charge in [0.25, 0.3) is 5.56 Å². The molecule has 2 N–H and O–H groups in total. The minimum absolute atomic E-state index is 0.115.